The normalized spacial score (nSPS) is 12.0. The van der Waals surface area contributed by atoms with Crippen LogP contribution in [0.1, 0.15) is 5.56 Å². The van der Waals surface area contributed by atoms with Crippen molar-refractivity contribution in [3.8, 4) is 22.3 Å². The van der Waals surface area contributed by atoms with E-state index in [1.165, 1.54) is 24.3 Å². The zero-order valence-corrected chi connectivity index (χ0v) is 17.5. The van der Waals surface area contributed by atoms with Gasteiger partial charge in [-0.3, -0.25) is 0 Å². The van der Waals surface area contributed by atoms with E-state index in [4.69, 9.17) is 0 Å². The third kappa shape index (κ3) is 3.43. The van der Waals surface area contributed by atoms with Gasteiger partial charge in [-0.15, -0.1) is 0 Å². The van der Waals surface area contributed by atoms with E-state index in [1.807, 2.05) is 0 Å². The topological polar surface area (TPSA) is 0 Å². The Hall–Kier alpha value is -3.94. The van der Waals surface area contributed by atoms with Gasteiger partial charge in [0.2, 0.25) is 0 Å². The highest BCUT2D eigenvalue weighted by Crippen LogP contribution is 2.47. The van der Waals surface area contributed by atoms with Gasteiger partial charge in [0.1, 0.15) is 11.4 Å². The first-order valence-electron chi connectivity index (χ1n) is 10.2. The standard InChI is InChI=1S/C27H12F8/c28-17-12-6-11-16-18(13-7-2-1-3-8-13)14-9-4-5-10-15(14)20(19(16)17)21-23(29)25(31)22(27(33,34)35)26(32)24(21)30/h1-12H. The Morgan fingerprint density at radius 1 is 0.457 bits per heavy atom. The zero-order chi connectivity index (χ0) is 25.1. The van der Waals surface area contributed by atoms with Crippen molar-refractivity contribution >= 4 is 21.5 Å². The molecule has 5 rings (SSSR count). The summed E-state index contributed by atoms with van der Waals surface area (Å²) in [4.78, 5) is 0. The molecule has 35 heavy (non-hydrogen) atoms. The van der Waals surface area contributed by atoms with Gasteiger partial charge in [0.05, 0.1) is 5.56 Å². The van der Waals surface area contributed by atoms with Crippen molar-refractivity contribution in [3.05, 3.63) is 107 Å². The van der Waals surface area contributed by atoms with Crippen LogP contribution in [0.3, 0.4) is 0 Å². The summed E-state index contributed by atoms with van der Waals surface area (Å²) in [6, 6.07) is 18.4. The maximum atomic E-state index is 15.3. The van der Waals surface area contributed by atoms with Crippen LogP contribution in [0.2, 0.25) is 0 Å². The summed E-state index contributed by atoms with van der Waals surface area (Å²) in [5, 5.41) is 0.123. The summed E-state index contributed by atoms with van der Waals surface area (Å²) >= 11 is 0. The van der Waals surface area contributed by atoms with E-state index in [0.29, 0.717) is 16.5 Å². The van der Waals surface area contributed by atoms with Crippen LogP contribution in [-0.4, -0.2) is 0 Å². The minimum Gasteiger partial charge on any atom is -0.206 e. The van der Waals surface area contributed by atoms with E-state index < -0.39 is 52.0 Å². The van der Waals surface area contributed by atoms with Crippen LogP contribution in [0.4, 0.5) is 35.1 Å². The first kappa shape index (κ1) is 22.8. The second-order valence-corrected chi connectivity index (χ2v) is 7.83. The summed E-state index contributed by atoms with van der Waals surface area (Å²) in [6.45, 7) is 0. The van der Waals surface area contributed by atoms with Gasteiger partial charge in [-0.2, -0.15) is 13.2 Å². The van der Waals surface area contributed by atoms with E-state index in [0.717, 1.165) is 6.07 Å². The minimum absolute atomic E-state index is 0.000289. The van der Waals surface area contributed by atoms with Crippen molar-refractivity contribution in [2.75, 3.05) is 0 Å². The quantitative estimate of drug-likeness (QED) is 0.132. The van der Waals surface area contributed by atoms with Crippen LogP contribution >= 0.6 is 0 Å². The predicted molar refractivity (Wildman–Crippen MR) is 117 cm³/mol. The Morgan fingerprint density at radius 2 is 0.971 bits per heavy atom. The molecule has 0 nitrogen and oxygen atoms in total. The molecule has 0 amide bonds. The Balaban J connectivity index is 2.05. The minimum atomic E-state index is -5.69. The molecule has 0 saturated heterocycles. The van der Waals surface area contributed by atoms with Crippen molar-refractivity contribution in [1.29, 1.82) is 0 Å². The zero-order valence-electron chi connectivity index (χ0n) is 17.5. The van der Waals surface area contributed by atoms with E-state index >= 15 is 13.2 Å². The Morgan fingerprint density at radius 3 is 1.54 bits per heavy atom. The summed E-state index contributed by atoms with van der Waals surface area (Å²) in [6.07, 6.45) is -5.69. The lowest BCUT2D eigenvalue weighted by atomic mass is 9.85. The second kappa shape index (κ2) is 8.08. The van der Waals surface area contributed by atoms with Crippen LogP contribution < -0.4 is 0 Å². The molecule has 0 aromatic heterocycles. The first-order chi connectivity index (χ1) is 16.6. The molecule has 0 aliphatic carbocycles. The average molecular weight is 488 g/mol. The molecule has 0 N–H and O–H groups in total. The van der Waals surface area contributed by atoms with E-state index in [1.54, 1.807) is 42.5 Å². The van der Waals surface area contributed by atoms with E-state index in [-0.39, 0.29) is 16.2 Å². The van der Waals surface area contributed by atoms with Crippen LogP contribution in [0.15, 0.2) is 72.8 Å². The highest BCUT2D eigenvalue weighted by atomic mass is 19.4. The van der Waals surface area contributed by atoms with Crippen molar-refractivity contribution in [1.82, 2.24) is 0 Å². The second-order valence-electron chi connectivity index (χ2n) is 7.83. The van der Waals surface area contributed by atoms with Crippen LogP contribution in [0.5, 0.6) is 0 Å². The van der Waals surface area contributed by atoms with Gasteiger partial charge < -0.3 is 0 Å². The van der Waals surface area contributed by atoms with Gasteiger partial charge in [0.15, 0.2) is 23.3 Å². The van der Waals surface area contributed by atoms with Gasteiger partial charge in [-0.25, -0.2) is 22.0 Å². The fraction of sp³-hybridized carbons (Fsp3) is 0.0370. The molecule has 176 valence electrons. The van der Waals surface area contributed by atoms with E-state index in [2.05, 4.69) is 0 Å². The Labute approximate surface area is 193 Å². The monoisotopic (exact) mass is 488 g/mol. The summed E-state index contributed by atoms with van der Waals surface area (Å²) < 4.78 is 114. The largest absolute Gasteiger partial charge is 0.422 e. The maximum absolute atomic E-state index is 15.3. The fourth-order valence-electron chi connectivity index (χ4n) is 4.46. The number of fused-ring (bicyclic) bond motifs is 2. The Bertz CT molecular complexity index is 1590. The van der Waals surface area contributed by atoms with Crippen LogP contribution in [0, 0.1) is 29.1 Å². The highest BCUT2D eigenvalue weighted by molar-refractivity contribution is 6.21. The predicted octanol–water partition coefficient (Wildman–Crippen LogP) is 9.04. The lowest BCUT2D eigenvalue weighted by Gasteiger charge is -2.20. The van der Waals surface area contributed by atoms with Crippen molar-refractivity contribution in [2.45, 2.75) is 6.18 Å². The van der Waals surface area contributed by atoms with Crippen molar-refractivity contribution in [3.63, 3.8) is 0 Å². The van der Waals surface area contributed by atoms with Gasteiger partial charge in [0, 0.05) is 10.9 Å². The third-order valence-corrected chi connectivity index (χ3v) is 5.86. The summed E-state index contributed by atoms with van der Waals surface area (Å²) in [5.74, 6) is -10.7. The lowest BCUT2D eigenvalue weighted by molar-refractivity contribution is -0.143. The molecule has 0 saturated carbocycles. The number of benzene rings is 5. The molecule has 0 spiro atoms. The highest BCUT2D eigenvalue weighted by Gasteiger charge is 2.43. The first-order valence-corrected chi connectivity index (χ1v) is 10.2. The lowest BCUT2D eigenvalue weighted by Crippen LogP contribution is -2.16. The number of alkyl halides is 3. The van der Waals surface area contributed by atoms with Gasteiger partial charge >= 0.3 is 6.18 Å². The van der Waals surface area contributed by atoms with Gasteiger partial charge in [-0.05, 0) is 33.4 Å². The Kier molecular flexibility index (Phi) is 5.27. The summed E-state index contributed by atoms with van der Waals surface area (Å²) in [7, 11) is 0. The number of hydrogen-bond donors (Lipinski definition) is 0. The molecule has 0 bridgehead atoms. The molecular weight excluding hydrogens is 476 g/mol. The maximum Gasteiger partial charge on any atom is 0.422 e. The molecule has 0 unspecified atom stereocenters. The molecule has 0 fully saturated rings. The molecule has 8 heteroatoms. The third-order valence-electron chi connectivity index (χ3n) is 5.86. The summed E-state index contributed by atoms with van der Waals surface area (Å²) in [5.41, 5.74) is -3.59. The molecule has 0 heterocycles. The number of hydrogen-bond acceptors (Lipinski definition) is 0. The molecule has 0 aliphatic heterocycles. The van der Waals surface area contributed by atoms with Gasteiger partial charge in [-0.1, -0.05) is 66.7 Å². The van der Waals surface area contributed by atoms with Crippen molar-refractivity contribution < 1.29 is 35.1 Å². The molecule has 5 aromatic carbocycles. The average Bonchev–Trinajstić information content (AvgIpc) is 2.82. The van der Waals surface area contributed by atoms with Crippen LogP contribution in [0.25, 0.3) is 43.8 Å². The smallest absolute Gasteiger partial charge is 0.206 e. The fourth-order valence-corrected chi connectivity index (χ4v) is 4.46. The van der Waals surface area contributed by atoms with Crippen LogP contribution in [-0.2, 0) is 6.18 Å². The van der Waals surface area contributed by atoms with Crippen molar-refractivity contribution in [2.24, 2.45) is 0 Å². The number of rotatable bonds is 2. The van der Waals surface area contributed by atoms with E-state index in [9.17, 15) is 22.0 Å². The molecule has 0 atom stereocenters. The molecule has 5 aromatic rings. The SMILES string of the molecule is Fc1c(F)c(C(F)(F)F)c(F)c(F)c1-c1c2ccccc2c(-c2ccccc2)c2cccc(F)c12. The van der Waals surface area contributed by atoms with Gasteiger partial charge in [0.25, 0.3) is 0 Å². The number of halogens is 8. The molecule has 0 radical (unpaired) electrons. The molecule has 0 aliphatic rings. The molecular formula is C27H12F8.